The van der Waals surface area contributed by atoms with Gasteiger partial charge in [0.1, 0.15) is 5.82 Å². The summed E-state index contributed by atoms with van der Waals surface area (Å²) in [5.41, 5.74) is 0.691. The maximum atomic E-state index is 13.4. The molecule has 0 bridgehead atoms. The van der Waals surface area contributed by atoms with Gasteiger partial charge in [-0.2, -0.15) is 28.1 Å². The van der Waals surface area contributed by atoms with Crippen LogP contribution in [0.5, 0.6) is 6.01 Å². The van der Waals surface area contributed by atoms with E-state index in [1.54, 1.807) is 0 Å². The fourth-order valence-corrected chi connectivity index (χ4v) is 2.19. The second-order valence-corrected chi connectivity index (χ2v) is 5.90. The lowest BCUT2D eigenvalue weighted by atomic mass is 10.2. The third-order valence-electron chi connectivity index (χ3n) is 3.52. The first-order chi connectivity index (χ1) is 14.2. The Labute approximate surface area is 166 Å². The zero-order chi connectivity index (χ0) is 21.7. The number of nitrogens with one attached hydrogen (secondary N) is 2. The number of nitrogens with zero attached hydrogens (tertiary/aromatic N) is 3. The van der Waals surface area contributed by atoms with E-state index in [1.165, 1.54) is 30.3 Å². The van der Waals surface area contributed by atoms with Gasteiger partial charge in [0.15, 0.2) is 18.2 Å². The van der Waals surface area contributed by atoms with E-state index < -0.39 is 36.2 Å². The van der Waals surface area contributed by atoms with Gasteiger partial charge >= 0.3 is 12.2 Å². The molecule has 0 aliphatic heterocycles. The molecule has 0 radical (unpaired) electrons. The van der Waals surface area contributed by atoms with Crippen molar-refractivity contribution in [1.82, 2.24) is 15.0 Å². The van der Waals surface area contributed by atoms with E-state index >= 15 is 0 Å². The summed E-state index contributed by atoms with van der Waals surface area (Å²) in [7, 11) is 0. The highest BCUT2D eigenvalue weighted by Gasteiger charge is 2.29. The number of rotatable bonds is 7. The minimum absolute atomic E-state index is 0.0476. The molecule has 1 heterocycles. The Morgan fingerprint density at radius 2 is 1.53 bits per heavy atom. The molecule has 6 nitrogen and oxygen atoms in total. The quantitative estimate of drug-likeness (QED) is 0.536. The van der Waals surface area contributed by atoms with Crippen molar-refractivity contribution in [3.05, 3.63) is 65.5 Å². The summed E-state index contributed by atoms with van der Waals surface area (Å²) >= 11 is 0. The van der Waals surface area contributed by atoms with Gasteiger partial charge in [-0.25, -0.2) is 13.2 Å². The van der Waals surface area contributed by atoms with E-state index in [0.717, 1.165) is 12.1 Å². The first-order valence-electron chi connectivity index (χ1n) is 8.34. The molecule has 0 unspecified atom stereocenters. The number of benzene rings is 2. The van der Waals surface area contributed by atoms with Gasteiger partial charge in [0.2, 0.25) is 11.9 Å². The lowest BCUT2D eigenvalue weighted by molar-refractivity contribution is -0.154. The zero-order valence-corrected chi connectivity index (χ0v) is 15.0. The van der Waals surface area contributed by atoms with E-state index in [-0.39, 0.29) is 24.1 Å². The van der Waals surface area contributed by atoms with Crippen LogP contribution in [0.2, 0.25) is 0 Å². The highest BCUT2D eigenvalue weighted by molar-refractivity contribution is 5.54. The maximum Gasteiger partial charge on any atom is 0.422 e. The van der Waals surface area contributed by atoms with Gasteiger partial charge in [0.25, 0.3) is 0 Å². The monoisotopic (exact) mass is 429 g/mol. The van der Waals surface area contributed by atoms with Crippen molar-refractivity contribution in [2.24, 2.45) is 0 Å². The fraction of sp³-hybridized carbons (Fsp3) is 0.167. The predicted molar refractivity (Wildman–Crippen MR) is 94.7 cm³/mol. The van der Waals surface area contributed by atoms with Crippen LogP contribution in [0.25, 0.3) is 0 Å². The average molecular weight is 429 g/mol. The van der Waals surface area contributed by atoms with Crippen molar-refractivity contribution >= 4 is 17.6 Å². The SMILES string of the molecule is Fc1ccc(CNc2nc(Nc3ccc(F)c(F)c3)nc(OCC(F)(F)F)n2)cc1. The summed E-state index contributed by atoms with van der Waals surface area (Å²) in [6, 6.07) is 7.67. The van der Waals surface area contributed by atoms with Gasteiger partial charge in [-0.05, 0) is 29.8 Å². The summed E-state index contributed by atoms with van der Waals surface area (Å²) in [4.78, 5) is 11.4. The summed E-state index contributed by atoms with van der Waals surface area (Å²) in [5.74, 6) is -3.07. The summed E-state index contributed by atoms with van der Waals surface area (Å²) in [6.07, 6.45) is -4.62. The molecule has 158 valence electrons. The van der Waals surface area contributed by atoms with E-state index in [9.17, 15) is 26.3 Å². The van der Waals surface area contributed by atoms with E-state index in [2.05, 4.69) is 30.3 Å². The molecule has 2 aromatic carbocycles. The van der Waals surface area contributed by atoms with Crippen molar-refractivity contribution in [1.29, 1.82) is 0 Å². The van der Waals surface area contributed by atoms with Gasteiger partial charge in [0, 0.05) is 18.3 Å². The molecule has 0 atom stereocenters. The van der Waals surface area contributed by atoms with Crippen molar-refractivity contribution in [3.63, 3.8) is 0 Å². The van der Waals surface area contributed by atoms with Crippen LogP contribution in [-0.2, 0) is 6.54 Å². The fourth-order valence-electron chi connectivity index (χ4n) is 2.19. The Morgan fingerprint density at radius 3 is 2.20 bits per heavy atom. The molecular formula is C18H13F6N5O. The molecule has 1 aromatic heterocycles. The van der Waals surface area contributed by atoms with Gasteiger partial charge in [-0.15, -0.1) is 0 Å². The number of halogens is 6. The van der Waals surface area contributed by atoms with Gasteiger partial charge < -0.3 is 15.4 Å². The van der Waals surface area contributed by atoms with Crippen molar-refractivity contribution < 1.29 is 31.1 Å². The number of ether oxygens (including phenoxy) is 1. The Hall–Kier alpha value is -3.57. The number of alkyl halides is 3. The molecule has 0 fully saturated rings. The third kappa shape index (κ3) is 6.22. The van der Waals surface area contributed by atoms with E-state index in [1.807, 2.05) is 0 Å². The largest absolute Gasteiger partial charge is 0.454 e. The predicted octanol–water partition coefficient (Wildman–Crippen LogP) is 4.59. The van der Waals surface area contributed by atoms with Crippen LogP contribution in [0, 0.1) is 17.5 Å². The summed E-state index contributed by atoms with van der Waals surface area (Å²) in [5, 5.41) is 5.28. The van der Waals surface area contributed by atoms with Gasteiger partial charge in [0.05, 0.1) is 0 Å². The molecule has 0 spiro atoms. The Morgan fingerprint density at radius 1 is 0.833 bits per heavy atom. The average Bonchev–Trinajstić information content (AvgIpc) is 2.68. The van der Waals surface area contributed by atoms with Crippen LogP contribution in [-0.4, -0.2) is 27.7 Å². The van der Waals surface area contributed by atoms with Crippen LogP contribution < -0.4 is 15.4 Å². The lowest BCUT2D eigenvalue weighted by Crippen LogP contribution is -2.21. The molecule has 0 amide bonds. The van der Waals surface area contributed by atoms with E-state index in [4.69, 9.17) is 0 Å². The van der Waals surface area contributed by atoms with Crippen LogP contribution in [0.4, 0.5) is 43.9 Å². The molecule has 0 saturated carbocycles. The van der Waals surface area contributed by atoms with Crippen molar-refractivity contribution in [2.45, 2.75) is 12.7 Å². The standard InChI is InChI=1S/C18H13F6N5O/c19-11-3-1-10(2-4-11)8-25-15-27-16(26-12-5-6-13(20)14(21)7-12)29-17(28-15)30-9-18(22,23)24/h1-7H,8-9H2,(H2,25,26,27,28,29). The topological polar surface area (TPSA) is 72.0 Å². The Balaban J connectivity index is 1.81. The normalized spacial score (nSPS) is 11.3. The van der Waals surface area contributed by atoms with Crippen LogP contribution >= 0.6 is 0 Å². The molecule has 0 aliphatic rings. The van der Waals surface area contributed by atoms with Crippen LogP contribution in [0.1, 0.15) is 5.56 Å². The first kappa shape index (κ1) is 21.1. The highest BCUT2D eigenvalue weighted by Crippen LogP contribution is 2.21. The summed E-state index contributed by atoms with van der Waals surface area (Å²) < 4.78 is 81.3. The second kappa shape index (κ2) is 8.84. The summed E-state index contributed by atoms with van der Waals surface area (Å²) in [6.45, 7) is -1.52. The Kier molecular flexibility index (Phi) is 6.23. The number of anilines is 3. The third-order valence-corrected chi connectivity index (χ3v) is 3.52. The molecule has 3 aromatic rings. The van der Waals surface area contributed by atoms with E-state index in [0.29, 0.717) is 5.56 Å². The van der Waals surface area contributed by atoms with Crippen molar-refractivity contribution in [3.8, 4) is 6.01 Å². The minimum atomic E-state index is -4.62. The maximum absolute atomic E-state index is 13.4. The Bertz CT molecular complexity index is 1010. The molecular weight excluding hydrogens is 416 g/mol. The van der Waals surface area contributed by atoms with Gasteiger partial charge in [-0.1, -0.05) is 12.1 Å². The van der Waals surface area contributed by atoms with Crippen LogP contribution in [0.15, 0.2) is 42.5 Å². The second-order valence-electron chi connectivity index (χ2n) is 5.90. The molecule has 30 heavy (non-hydrogen) atoms. The molecule has 12 heteroatoms. The zero-order valence-electron chi connectivity index (χ0n) is 15.0. The smallest absolute Gasteiger partial charge is 0.422 e. The van der Waals surface area contributed by atoms with Gasteiger partial charge in [-0.3, -0.25) is 0 Å². The first-order valence-corrected chi connectivity index (χ1v) is 8.34. The highest BCUT2D eigenvalue weighted by atomic mass is 19.4. The molecule has 0 aliphatic carbocycles. The minimum Gasteiger partial charge on any atom is -0.454 e. The number of aromatic nitrogens is 3. The number of hydrogen-bond acceptors (Lipinski definition) is 6. The number of hydrogen-bond donors (Lipinski definition) is 2. The molecule has 0 saturated heterocycles. The molecule has 3 rings (SSSR count). The van der Waals surface area contributed by atoms with Crippen molar-refractivity contribution in [2.75, 3.05) is 17.2 Å². The van der Waals surface area contributed by atoms with Crippen LogP contribution in [0.3, 0.4) is 0 Å². The molecule has 2 N–H and O–H groups in total. The lowest BCUT2D eigenvalue weighted by Gasteiger charge is -2.12.